The van der Waals surface area contributed by atoms with Gasteiger partial charge in [-0.3, -0.25) is 0 Å². The zero-order chi connectivity index (χ0) is 20.1. The molecule has 3 aromatic rings. The van der Waals surface area contributed by atoms with Crippen LogP contribution in [0.3, 0.4) is 0 Å². The highest BCUT2D eigenvalue weighted by Crippen LogP contribution is 2.32. The minimum atomic E-state index is 0.301. The van der Waals surface area contributed by atoms with Crippen LogP contribution in [-0.4, -0.2) is 19.6 Å². The van der Waals surface area contributed by atoms with Crippen LogP contribution in [0.5, 0.6) is 0 Å². The van der Waals surface area contributed by atoms with E-state index in [1.165, 1.54) is 16.8 Å². The Morgan fingerprint density at radius 1 is 0.862 bits per heavy atom. The third-order valence-corrected chi connectivity index (χ3v) is 6.41. The Bertz CT molecular complexity index is 880. The Balaban J connectivity index is 1.56. The van der Waals surface area contributed by atoms with Gasteiger partial charge in [-0.2, -0.15) is 0 Å². The van der Waals surface area contributed by atoms with Gasteiger partial charge in [-0.15, -0.1) is 0 Å². The molecule has 29 heavy (non-hydrogen) atoms. The van der Waals surface area contributed by atoms with Crippen LogP contribution in [0.1, 0.15) is 24.1 Å². The van der Waals surface area contributed by atoms with Gasteiger partial charge in [0.25, 0.3) is 0 Å². The minimum Gasteiger partial charge on any atom is -0.364 e. The average molecular weight is 405 g/mol. The fraction of sp³-hybridized carbons (Fsp3) is 0.308. The summed E-state index contributed by atoms with van der Waals surface area (Å²) >= 11 is 6.17. The first-order valence-electron chi connectivity index (χ1n) is 10.5. The summed E-state index contributed by atoms with van der Waals surface area (Å²) in [6, 6.07) is 30.3. The molecule has 1 saturated heterocycles. The third kappa shape index (κ3) is 5.01. The first-order chi connectivity index (χ1) is 14.2. The summed E-state index contributed by atoms with van der Waals surface area (Å²) in [6.07, 6.45) is 1.13. The van der Waals surface area contributed by atoms with Crippen molar-refractivity contribution in [2.24, 2.45) is 11.8 Å². The molecule has 1 N–H and O–H groups in total. The largest absolute Gasteiger partial charge is 0.364 e. The van der Waals surface area contributed by atoms with E-state index in [1.807, 2.05) is 12.1 Å². The SMILES string of the molecule is C[C@H](c1ccccc1)N(C[C@H]1CNC[C@@H]1Cc1ccccc1)c1ccc(Cl)cc1. The monoisotopic (exact) mass is 404 g/mol. The van der Waals surface area contributed by atoms with E-state index in [1.54, 1.807) is 0 Å². The second kappa shape index (κ2) is 9.47. The highest BCUT2D eigenvalue weighted by atomic mass is 35.5. The lowest BCUT2D eigenvalue weighted by molar-refractivity contribution is 0.404. The van der Waals surface area contributed by atoms with E-state index in [0.29, 0.717) is 17.9 Å². The van der Waals surface area contributed by atoms with Crippen LogP contribution in [0, 0.1) is 11.8 Å². The molecule has 3 heteroatoms. The molecule has 2 nitrogen and oxygen atoms in total. The van der Waals surface area contributed by atoms with Crippen molar-refractivity contribution in [2.75, 3.05) is 24.5 Å². The molecule has 3 atom stereocenters. The first-order valence-corrected chi connectivity index (χ1v) is 10.9. The van der Waals surface area contributed by atoms with Crippen LogP contribution in [0.15, 0.2) is 84.9 Å². The van der Waals surface area contributed by atoms with Crippen molar-refractivity contribution in [3.8, 4) is 0 Å². The minimum absolute atomic E-state index is 0.301. The lowest BCUT2D eigenvalue weighted by atomic mass is 9.88. The van der Waals surface area contributed by atoms with Crippen molar-refractivity contribution in [2.45, 2.75) is 19.4 Å². The highest BCUT2D eigenvalue weighted by molar-refractivity contribution is 6.30. The molecule has 0 bridgehead atoms. The van der Waals surface area contributed by atoms with Crippen molar-refractivity contribution in [3.05, 3.63) is 101 Å². The van der Waals surface area contributed by atoms with Crippen LogP contribution in [0.25, 0.3) is 0 Å². The molecule has 0 aromatic heterocycles. The van der Waals surface area contributed by atoms with Gasteiger partial charge in [0.2, 0.25) is 0 Å². The molecule has 1 aliphatic heterocycles. The molecular weight excluding hydrogens is 376 g/mol. The van der Waals surface area contributed by atoms with E-state index in [9.17, 15) is 0 Å². The van der Waals surface area contributed by atoms with Gasteiger partial charge in [-0.1, -0.05) is 72.3 Å². The van der Waals surface area contributed by atoms with E-state index in [-0.39, 0.29) is 0 Å². The summed E-state index contributed by atoms with van der Waals surface area (Å²) < 4.78 is 0. The van der Waals surface area contributed by atoms with Crippen LogP contribution >= 0.6 is 11.6 Å². The van der Waals surface area contributed by atoms with Crippen molar-refractivity contribution >= 4 is 17.3 Å². The summed E-state index contributed by atoms with van der Waals surface area (Å²) in [5.74, 6) is 1.26. The Morgan fingerprint density at radius 2 is 1.48 bits per heavy atom. The number of benzene rings is 3. The van der Waals surface area contributed by atoms with E-state index < -0.39 is 0 Å². The van der Waals surface area contributed by atoms with Crippen molar-refractivity contribution in [3.63, 3.8) is 0 Å². The summed E-state index contributed by atoms with van der Waals surface area (Å²) in [6.45, 7) is 5.50. The van der Waals surface area contributed by atoms with Gasteiger partial charge in [0.15, 0.2) is 0 Å². The summed E-state index contributed by atoms with van der Waals surface area (Å²) in [7, 11) is 0. The van der Waals surface area contributed by atoms with Gasteiger partial charge in [-0.25, -0.2) is 0 Å². The maximum absolute atomic E-state index is 6.17. The lowest BCUT2D eigenvalue weighted by Gasteiger charge is -2.35. The topological polar surface area (TPSA) is 15.3 Å². The average Bonchev–Trinajstić information content (AvgIpc) is 3.20. The van der Waals surface area contributed by atoms with Gasteiger partial charge in [0.1, 0.15) is 0 Å². The number of nitrogens with zero attached hydrogens (tertiary/aromatic N) is 1. The molecule has 0 amide bonds. The van der Waals surface area contributed by atoms with Crippen LogP contribution in [-0.2, 0) is 6.42 Å². The number of halogens is 1. The van der Waals surface area contributed by atoms with Crippen molar-refractivity contribution in [1.29, 1.82) is 0 Å². The number of nitrogens with one attached hydrogen (secondary N) is 1. The number of rotatable bonds is 7. The highest BCUT2D eigenvalue weighted by Gasteiger charge is 2.30. The number of anilines is 1. The third-order valence-electron chi connectivity index (χ3n) is 6.16. The maximum Gasteiger partial charge on any atom is 0.0514 e. The van der Waals surface area contributed by atoms with Gasteiger partial charge >= 0.3 is 0 Å². The molecule has 0 radical (unpaired) electrons. The predicted molar refractivity (Wildman–Crippen MR) is 124 cm³/mol. The zero-order valence-electron chi connectivity index (χ0n) is 17.0. The molecule has 1 aliphatic rings. The Kier molecular flexibility index (Phi) is 6.53. The van der Waals surface area contributed by atoms with Gasteiger partial charge in [0, 0.05) is 17.3 Å². The molecule has 150 valence electrons. The maximum atomic E-state index is 6.17. The number of hydrogen-bond acceptors (Lipinski definition) is 2. The van der Waals surface area contributed by atoms with E-state index in [0.717, 1.165) is 31.1 Å². The Labute approximate surface area is 179 Å². The molecule has 0 unspecified atom stereocenters. The smallest absolute Gasteiger partial charge is 0.0514 e. The normalized spacial score (nSPS) is 19.8. The summed E-state index contributed by atoms with van der Waals surface area (Å²) in [5.41, 5.74) is 4.00. The number of hydrogen-bond donors (Lipinski definition) is 1. The Morgan fingerprint density at radius 3 is 2.17 bits per heavy atom. The molecule has 1 heterocycles. The molecule has 3 aromatic carbocycles. The first kappa shape index (κ1) is 20.0. The molecule has 1 fully saturated rings. The van der Waals surface area contributed by atoms with Crippen molar-refractivity contribution in [1.82, 2.24) is 5.32 Å². The van der Waals surface area contributed by atoms with Crippen LogP contribution < -0.4 is 10.2 Å². The predicted octanol–water partition coefficient (Wildman–Crippen LogP) is 5.99. The Hall–Kier alpha value is -2.29. The molecule has 0 saturated carbocycles. The van der Waals surface area contributed by atoms with E-state index >= 15 is 0 Å². The molecular formula is C26H29ClN2. The van der Waals surface area contributed by atoms with Crippen molar-refractivity contribution < 1.29 is 0 Å². The van der Waals surface area contributed by atoms with Crippen LogP contribution in [0.4, 0.5) is 5.69 Å². The molecule has 0 aliphatic carbocycles. The lowest BCUT2D eigenvalue weighted by Crippen LogP contribution is -2.35. The quantitative estimate of drug-likeness (QED) is 0.520. The molecule has 0 spiro atoms. The van der Waals surface area contributed by atoms with Crippen LogP contribution in [0.2, 0.25) is 5.02 Å². The van der Waals surface area contributed by atoms with E-state index in [2.05, 4.69) is 89.9 Å². The van der Waals surface area contributed by atoms with Gasteiger partial charge in [0.05, 0.1) is 6.04 Å². The van der Waals surface area contributed by atoms with Gasteiger partial charge in [-0.05, 0) is 73.7 Å². The second-order valence-corrected chi connectivity index (χ2v) is 8.52. The molecule has 4 rings (SSSR count). The van der Waals surface area contributed by atoms with Gasteiger partial charge < -0.3 is 10.2 Å². The summed E-state index contributed by atoms with van der Waals surface area (Å²) in [4.78, 5) is 2.54. The zero-order valence-corrected chi connectivity index (χ0v) is 17.7. The standard InChI is InChI=1S/C26H29ClN2/c1-20(22-10-6-3-7-11-22)29(26-14-12-25(27)13-15-26)19-24-18-28-17-23(24)16-21-8-4-2-5-9-21/h2-15,20,23-24,28H,16-19H2,1H3/t20-,23+,24-/m1/s1. The summed E-state index contributed by atoms with van der Waals surface area (Å²) in [5, 5.41) is 4.42. The second-order valence-electron chi connectivity index (χ2n) is 8.08. The fourth-order valence-corrected chi connectivity index (χ4v) is 4.57. The van der Waals surface area contributed by atoms with E-state index in [4.69, 9.17) is 11.6 Å². The fourth-order valence-electron chi connectivity index (χ4n) is 4.44.